The Labute approximate surface area is 97.3 Å². The molecular weight excluding hydrogens is 246 g/mol. The van der Waals surface area contributed by atoms with E-state index in [4.69, 9.17) is 4.42 Å². The second-order valence-corrected chi connectivity index (χ2v) is 5.57. The zero-order valence-corrected chi connectivity index (χ0v) is 9.73. The topological polar surface area (TPSA) is 90.4 Å². The molecule has 0 aliphatic carbocycles. The number of furan rings is 1. The second kappa shape index (κ2) is 3.85. The molecule has 90 valence electrons. The Morgan fingerprint density at radius 3 is 2.71 bits per heavy atom. The molecule has 0 N–H and O–H groups in total. The van der Waals surface area contributed by atoms with Crippen LogP contribution in [0.2, 0.25) is 0 Å². The Morgan fingerprint density at radius 2 is 2.24 bits per heavy atom. The molecule has 7 heteroatoms. The minimum atomic E-state index is -3.62. The quantitative estimate of drug-likeness (QED) is 0.591. The van der Waals surface area contributed by atoms with Gasteiger partial charge < -0.3 is 4.42 Å². The fourth-order valence-corrected chi connectivity index (χ4v) is 3.35. The van der Waals surface area contributed by atoms with Crippen LogP contribution in [0.15, 0.2) is 39.0 Å². The Bertz CT molecular complexity index is 622. The van der Waals surface area contributed by atoms with Crippen LogP contribution in [0.3, 0.4) is 0 Å². The monoisotopic (exact) mass is 255 g/mol. The molecule has 0 saturated carbocycles. The van der Waals surface area contributed by atoms with Gasteiger partial charge in [0.2, 0.25) is 0 Å². The Balaban J connectivity index is 2.56. The van der Waals surface area contributed by atoms with E-state index in [0.29, 0.717) is 5.76 Å². The van der Waals surface area contributed by atoms with E-state index in [-0.39, 0.29) is 16.2 Å². The summed E-state index contributed by atoms with van der Waals surface area (Å²) in [6.07, 6.45) is 2.71. The maximum absolute atomic E-state index is 11.8. The van der Waals surface area contributed by atoms with Gasteiger partial charge in [-0.2, -0.15) is 0 Å². The number of sulfone groups is 1. The molecule has 2 heterocycles. The standard InChI is InChI=1S/C10H9NO5S/c1-7-9(11(12)13)6-17(14,15)10(7)5-8-3-2-4-16-8/h2-5H,6H2,1H3/b10-5-. The van der Waals surface area contributed by atoms with Gasteiger partial charge in [-0.3, -0.25) is 10.1 Å². The van der Waals surface area contributed by atoms with Gasteiger partial charge in [0.25, 0.3) is 5.70 Å². The summed E-state index contributed by atoms with van der Waals surface area (Å²) in [7, 11) is -3.62. The average molecular weight is 255 g/mol. The summed E-state index contributed by atoms with van der Waals surface area (Å²) in [5.41, 5.74) is -0.103. The van der Waals surface area contributed by atoms with Crippen molar-refractivity contribution in [2.75, 3.05) is 5.75 Å². The Morgan fingerprint density at radius 1 is 1.53 bits per heavy atom. The van der Waals surface area contributed by atoms with Crippen molar-refractivity contribution in [3.05, 3.63) is 50.4 Å². The molecule has 0 fully saturated rings. The highest BCUT2D eigenvalue weighted by Gasteiger charge is 2.38. The van der Waals surface area contributed by atoms with Gasteiger partial charge in [0.1, 0.15) is 11.5 Å². The molecular formula is C10H9NO5S. The lowest BCUT2D eigenvalue weighted by atomic mass is 10.2. The van der Waals surface area contributed by atoms with Crippen LogP contribution in [0, 0.1) is 10.1 Å². The highest BCUT2D eigenvalue weighted by Crippen LogP contribution is 2.32. The number of rotatable bonds is 2. The molecule has 0 spiro atoms. The van der Waals surface area contributed by atoms with Gasteiger partial charge in [-0.15, -0.1) is 0 Å². The molecule has 0 unspecified atom stereocenters. The van der Waals surface area contributed by atoms with Crippen molar-refractivity contribution in [1.29, 1.82) is 0 Å². The first-order chi connectivity index (χ1) is 7.92. The first-order valence-electron chi connectivity index (χ1n) is 4.74. The van der Waals surface area contributed by atoms with Crippen LogP contribution in [0.4, 0.5) is 0 Å². The summed E-state index contributed by atoms with van der Waals surface area (Å²) in [6.45, 7) is 1.43. The van der Waals surface area contributed by atoms with Crippen LogP contribution in [-0.4, -0.2) is 19.1 Å². The third-order valence-corrected chi connectivity index (χ3v) is 4.25. The summed E-state index contributed by atoms with van der Waals surface area (Å²) < 4.78 is 28.5. The highest BCUT2D eigenvalue weighted by atomic mass is 32.2. The molecule has 17 heavy (non-hydrogen) atoms. The maximum Gasteiger partial charge on any atom is 0.265 e. The van der Waals surface area contributed by atoms with E-state index >= 15 is 0 Å². The molecule has 0 amide bonds. The van der Waals surface area contributed by atoms with E-state index < -0.39 is 20.5 Å². The third-order valence-electron chi connectivity index (χ3n) is 2.50. The highest BCUT2D eigenvalue weighted by molar-refractivity contribution is 7.96. The molecule has 1 aromatic heterocycles. The van der Waals surface area contributed by atoms with Crippen LogP contribution in [0.25, 0.3) is 6.08 Å². The molecule has 1 aliphatic heterocycles. The van der Waals surface area contributed by atoms with Crippen LogP contribution in [-0.2, 0) is 9.84 Å². The van der Waals surface area contributed by atoms with Crippen molar-refractivity contribution < 1.29 is 17.8 Å². The largest absolute Gasteiger partial charge is 0.465 e. The van der Waals surface area contributed by atoms with Gasteiger partial charge >= 0.3 is 0 Å². The first kappa shape index (κ1) is 11.6. The SMILES string of the molecule is CC1=C([N+](=O)[O-])CS(=O)(=O)/C1=C\c1ccco1. The van der Waals surface area contributed by atoms with Crippen molar-refractivity contribution in [3.8, 4) is 0 Å². The minimum absolute atomic E-state index is 0.0425. The molecule has 0 aromatic carbocycles. The van der Waals surface area contributed by atoms with E-state index in [2.05, 4.69) is 0 Å². The second-order valence-electron chi connectivity index (χ2n) is 3.61. The van der Waals surface area contributed by atoms with Gasteiger partial charge in [0, 0.05) is 5.57 Å². The summed E-state index contributed by atoms with van der Waals surface area (Å²) >= 11 is 0. The van der Waals surface area contributed by atoms with Crippen LogP contribution < -0.4 is 0 Å². The number of nitrogens with zero attached hydrogens (tertiary/aromatic N) is 1. The van der Waals surface area contributed by atoms with Gasteiger partial charge in [-0.05, 0) is 25.1 Å². The molecule has 0 atom stereocenters. The minimum Gasteiger partial charge on any atom is -0.465 e. The molecule has 0 bridgehead atoms. The van der Waals surface area contributed by atoms with E-state index in [9.17, 15) is 18.5 Å². The molecule has 0 radical (unpaired) electrons. The van der Waals surface area contributed by atoms with Gasteiger partial charge in [0.05, 0.1) is 16.1 Å². The van der Waals surface area contributed by atoms with E-state index in [0.717, 1.165) is 0 Å². The molecule has 6 nitrogen and oxygen atoms in total. The first-order valence-corrected chi connectivity index (χ1v) is 6.39. The fraction of sp³-hybridized carbons (Fsp3) is 0.200. The predicted molar refractivity (Wildman–Crippen MR) is 60.2 cm³/mol. The summed E-state index contributed by atoms with van der Waals surface area (Å²) in [6, 6.07) is 3.20. The lowest BCUT2D eigenvalue weighted by Crippen LogP contribution is -2.06. The smallest absolute Gasteiger partial charge is 0.265 e. The van der Waals surface area contributed by atoms with Gasteiger partial charge in [-0.25, -0.2) is 8.42 Å². The summed E-state index contributed by atoms with van der Waals surface area (Å²) in [5.74, 6) is -0.203. The number of nitro groups is 1. The number of allylic oxidation sites excluding steroid dienone is 1. The Kier molecular flexibility index (Phi) is 2.62. The lowest BCUT2D eigenvalue weighted by Gasteiger charge is -1.96. The summed E-state index contributed by atoms with van der Waals surface area (Å²) in [5, 5.41) is 10.7. The zero-order chi connectivity index (χ0) is 12.6. The van der Waals surface area contributed by atoms with Crippen molar-refractivity contribution in [3.63, 3.8) is 0 Å². The van der Waals surface area contributed by atoms with Crippen molar-refractivity contribution in [2.24, 2.45) is 0 Å². The van der Waals surface area contributed by atoms with Crippen LogP contribution in [0.5, 0.6) is 0 Å². The van der Waals surface area contributed by atoms with Crippen molar-refractivity contribution in [2.45, 2.75) is 6.92 Å². The summed E-state index contributed by atoms with van der Waals surface area (Å²) in [4.78, 5) is 9.98. The van der Waals surface area contributed by atoms with Gasteiger partial charge in [-0.1, -0.05) is 0 Å². The maximum atomic E-state index is 11.8. The number of hydrogen-bond acceptors (Lipinski definition) is 5. The fourth-order valence-electron chi connectivity index (χ4n) is 1.63. The normalized spacial score (nSPS) is 21.1. The van der Waals surface area contributed by atoms with Crippen molar-refractivity contribution in [1.82, 2.24) is 0 Å². The van der Waals surface area contributed by atoms with E-state index in [1.165, 1.54) is 19.3 Å². The third kappa shape index (κ3) is 2.01. The van der Waals surface area contributed by atoms with Crippen LogP contribution in [0.1, 0.15) is 12.7 Å². The number of hydrogen-bond donors (Lipinski definition) is 0. The van der Waals surface area contributed by atoms with E-state index in [1.807, 2.05) is 0 Å². The average Bonchev–Trinajstić information content (AvgIpc) is 2.80. The van der Waals surface area contributed by atoms with Crippen molar-refractivity contribution >= 4 is 15.9 Å². The zero-order valence-electron chi connectivity index (χ0n) is 8.91. The molecule has 1 aliphatic rings. The van der Waals surface area contributed by atoms with Crippen LogP contribution >= 0.6 is 0 Å². The molecule has 0 saturated heterocycles. The Hall–Kier alpha value is -1.89. The molecule has 1 aromatic rings. The lowest BCUT2D eigenvalue weighted by molar-refractivity contribution is -0.424. The molecule has 2 rings (SSSR count). The van der Waals surface area contributed by atoms with E-state index in [1.54, 1.807) is 12.1 Å². The van der Waals surface area contributed by atoms with Gasteiger partial charge in [0.15, 0.2) is 9.84 Å². The predicted octanol–water partition coefficient (Wildman–Crippen LogP) is 1.60.